The maximum Gasteiger partial charge on any atom is 0.0859 e. The van der Waals surface area contributed by atoms with Gasteiger partial charge in [0, 0.05) is 7.05 Å². The van der Waals surface area contributed by atoms with Crippen molar-refractivity contribution in [2.45, 2.75) is 59.3 Å². The quantitative estimate of drug-likeness (QED) is 0.732. The molecule has 0 bridgehead atoms. The Bertz CT molecular complexity index is 304. The van der Waals surface area contributed by atoms with Crippen LogP contribution in [0, 0.1) is 5.92 Å². The number of aryl methyl sites for hydroxylation is 2. The molecule has 1 heterocycles. The van der Waals surface area contributed by atoms with Crippen molar-refractivity contribution in [1.82, 2.24) is 15.0 Å². The molecule has 1 aliphatic rings. The largest absolute Gasteiger partial charge is 0.252 e. The van der Waals surface area contributed by atoms with Gasteiger partial charge in [-0.25, -0.2) is 0 Å². The summed E-state index contributed by atoms with van der Waals surface area (Å²) >= 11 is 0. The second-order valence-electron chi connectivity index (χ2n) is 4.31. The molecule has 16 heavy (non-hydrogen) atoms. The van der Waals surface area contributed by atoms with Gasteiger partial charge in [0.05, 0.1) is 11.4 Å². The third kappa shape index (κ3) is 3.06. The molecule has 1 atom stereocenters. The van der Waals surface area contributed by atoms with Gasteiger partial charge in [0.25, 0.3) is 0 Å². The van der Waals surface area contributed by atoms with Crippen molar-refractivity contribution in [3.05, 3.63) is 11.4 Å². The Labute approximate surface area is 99.2 Å². The zero-order chi connectivity index (χ0) is 12.0. The molecule has 0 aliphatic heterocycles. The van der Waals surface area contributed by atoms with Gasteiger partial charge in [-0.15, -0.1) is 5.10 Å². The van der Waals surface area contributed by atoms with Gasteiger partial charge in [0.15, 0.2) is 0 Å². The zero-order valence-corrected chi connectivity index (χ0v) is 11.2. The fourth-order valence-electron chi connectivity index (χ4n) is 2.37. The van der Waals surface area contributed by atoms with E-state index in [1.807, 2.05) is 25.6 Å². The molecule has 0 radical (unpaired) electrons. The van der Waals surface area contributed by atoms with E-state index in [4.69, 9.17) is 0 Å². The molecule has 3 heteroatoms. The SMILES string of the molecule is CC.CCC1CCCc2nnn(C)c2CC1. The third-order valence-corrected chi connectivity index (χ3v) is 3.42. The average molecular weight is 223 g/mol. The summed E-state index contributed by atoms with van der Waals surface area (Å²) in [6, 6.07) is 0. The van der Waals surface area contributed by atoms with Crippen molar-refractivity contribution in [1.29, 1.82) is 0 Å². The zero-order valence-electron chi connectivity index (χ0n) is 11.2. The average Bonchev–Trinajstić information content (AvgIpc) is 2.62. The first-order chi connectivity index (χ1) is 7.81. The summed E-state index contributed by atoms with van der Waals surface area (Å²) in [5.74, 6) is 0.915. The van der Waals surface area contributed by atoms with Crippen molar-refractivity contribution in [2.75, 3.05) is 0 Å². The van der Waals surface area contributed by atoms with Crippen LogP contribution in [0.2, 0.25) is 0 Å². The van der Waals surface area contributed by atoms with Crippen molar-refractivity contribution in [3.8, 4) is 0 Å². The van der Waals surface area contributed by atoms with Gasteiger partial charge in [-0.1, -0.05) is 38.8 Å². The minimum atomic E-state index is 0.915. The van der Waals surface area contributed by atoms with Crippen LogP contribution in [-0.2, 0) is 19.9 Å². The third-order valence-electron chi connectivity index (χ3n) is 3.42. The van der Waals surface area contributed by atoms with Crippen molar-refractivity contribution >= 4 is 0 Å². The molecule has 0 spiro atoms. The first-order valence-electron chi connectivity index (χ1n) is 6.68. The number of hydrogen-bond acceptors (Lipinski definition) is 2. The first kappa shape index (κ1) is 13.2. The summed E-state index contributed by atoms with van der Waals surface area (Å²) in [6.45, 7) is 6.30. The van der Waals surface area contributed by atoms with Gasteiger partial charge in [-0.2, -0.15) is 0 Å². The Kier molecular flexibility index (Phi) is 5.50. The van der Waals surface area contributed by atoms with Crippen molar-refractivity contribution in [2.24, 2.45) is 13.0 Å². The van der Waals surface area contributed by atoms with E-state index in [-0.39, 0.29) is 0 Å². The summed E-state index contributed by atoms with van der Waals surface area (Å²) in [6.07, 6.45) is 7.57. The lowest BCUT2D eigenvalue weighted by Crippen LogP contribution is -2.09. The van der Waals surface area contributed by atoms with E-state index in [9.17, 15) is 0 Å². The molecule has 0 fully saturated rings. The topological polar surface area (TPSA) is 30.7 Å². The Morgan fingerprint density at radius 2 is 2.00 bits per heavy atom. The van der Waals surface area contributed by atoms with Crippen molar-refractivity contribution < 1.29 is 0 Å². The molecule has 92 valence electrons. The van der Waals surface area contributed by atoms with E-state index < -0.39 is 0 Å². The molecule has 1 aromatic rings. The number of hydrogen-bond donors (Lipinski definition) is 0. The number of fused-ring (bicyclic) bond motifs is 1. The predicted octanol–water partition coefficient (Wildman–Crippen LogP) is 3.14. The highest BCUT2D eigenvalue weighted by Crippen LogP contribution is 2.23. The molecule has 0 saturated heterocycles. The summed E-state index contributed by atoms with van der Waals surface area (Å²) in [7, 11) is 2.01. The molecule has 1 aliphatic carbocycles. The standard InChI is InChI=1S/C11H19N3.C2H6/c1-3-9-5-4-6-10-11(8-7-9)14(2)13-12-10;1-2/h9H,3-8H2,1-2H3;1-2H3. The lowest BCUT2D eigenvalue weighted by Gasteiger charge is -2.17. The molecule has 3 nitrogen and oxygen atoms in total. The van der Waals surface area contributed by atoms with Crippen LogP contribution in [0.5, 0.6) is 0 Å². The highest BCUT2D eigenvalue weighted by molar-refractivity contribution is 5.11. The summed E-state index contributed by atoms with van der Waals surface area (Å²) in [5, 5.41) is 8.32. The van der Waals surface area contributed by atoms with Gasteiger partial charge >= 0.3 is 0 Å². The Morgan fingerprint density at radius 3 is 2.69 bits per heavy atom. The fourth-order valence-corrected chi connectivity index (χ4v) is 2.37. The number of nitrogens with zero attached hydrogens (tertiary/aromatic N) is 3. The maximum absolute atomic E-state index is 4.22. The smallest absolute Gasteiger partial charge is 0.0859 e. The van der Waals surface area contributed by atoms with Crippen LogP contribution < -0.4 is 0 Å². The molecule has 0 saturated carbocycles. The Morgan fingerprint density at radius 1 is 1.25 bits per heavy atom. The highest BCUT2D eigenvalue weighted by Gasteiger charge is 2.16. The van der Waals surface area contributed by atoms with Crippen LogP contribution in [0.25, 0.3) is 0 Å². The summed E-state index contributed by atoms with van der Waals surface area (Å²) < 4.78 is 1.95. The molecule has 2 rings (SSSR count). The highest BCUT2D eigenvalue weighted by atomic mass is 15.4. The predicted molar refractivity (Wildman–Crippen MR) is 67.4 cm³/mol. The van der Waals surface area contributed by atoms with Crippen LogP contribution in [0.15, 0.2) is 0 Å². The van der Waals surface area contributed by atoms with E-state index in [1.165, 1.54) is 37.1 Å². The van der Waals surface area contributed by atoms with Gasteiger partial charge in [-0.3, -0.25) is 4.68 Å². The van der Waals surface area contributed by atoms with Crippen LogP contribution in [0.1, 0.15) is 57.8 Å². The van der Waals surface area contributed by atoms with Crippen LogP contribution in [0.4, 0.5) is 0 Å². The lowest BCUT2D eigenvalue weighted by molar-refractivity contribution is 0.409. The Balaban J connectivity index is 0.000000606. The van der Waals surface area contributed by atoms with E-state index in [0.717, 1.165) is 18.8 Å². The Hall–Kier alpha value is -0.860. The normalized spacial score (nSPS) is 20.1. The van der Waals surface area contributed by atoms with E-state index in [0.29, 0.717) is 0 Å². The maximum atomic E-state index is 4.22. The fraction of sp³-hybridized carbons (Fsp3) is 0.846. The van der Waals surface area contributed by atoms with E-state index in [1.54, 1.807) is 0 Å². The van der Waals surface area contributed by atoms with E-state index in [2.05, 4.69) is 17.2 Å². The van der Waals surface area contributed by atoms with Crippen LogP contribution in [0.3, 0.4) is 0 Å². The minimum absolute atomic E-state index is 0.915. The monoisotopic (exact) mass is 223 g/mol. The minimum Gasteiger partial charge on any atom is -0.252 e. The lowest BCUT2D eigenvalue weighted by atomic mass is 9.90. The molecule has 0 amide bonds. The van der Waals surface area contributed by atoms with Gasteiger partial charge in [-0.05, 0) is 31.6 Å². The molecule has 0 aromatic carbocycles. The van der Waals surface area contributed by atoms with Gasteiger partial charge in [0.2, 0.25) is 0 Å². The second-order valence-corrected chi connectivity index (χ2v) is 4.31. The van der Waals surface area contributed by atoms with Crippen LogP contribution >= 0.6 is 0 Å². The first-order valence-corrected chi connectivity index (χ1v) is 6.68. The molecule has 1 aromatic heterocycles. The molecule has 0 N–H and O–H groups in total. The molecular formula is C13H25N3. The number of aromatic nitrogens is 3. The summed E-state index contributed by atoms with van der Waals surface area (Å²) in [4.78, 5) is 0. The molecular weight excluding hydrogens is 198 g/mol. The van der Waals surface area contributed by atoms with Crippen molar-refractivity contribution in [3.63, 3.8) is 0 Å². The number of rotatable bonds is 1. The van der Waals surface area contributed by atoms with E-state index >= 15 is 0 Å². The van der Waals surface area contributed by atoms with Crippen LogP contribution in [-0.4, -0.2) is 15.0 Å². The second kappa shape index (κ2) is 6.66. The summed E-state index contributed by atoms with van der Waals surface area (Å²) in [5.41, 5.74) is 2.60. The molecule has 1 unspecified atom stereocenters. The van der Waals surface area contributed by atoms with Gasteiger partial charge < -0.3 is 0 Å². The van der Waals surface area contributed by atoms with Gasteiger partial charge in [0.1, 0.15) is 0 Å².